The van der Waals surface area contributed by atoms with Crippen molar-refractivity contribution in [2.75, 3.05) is 11.5 Å². The van der Waals surface area contributed by atoms with Crippen molar-refractivity contribution in [1.82, 2.24) is 0 Å². The SMILES string of the molecule is Cc1cc(C(C)C)cc(Cc2cc(C(C)C)cc(C)c2N)c1N. The van der Waals surface area contributed by atoms with Crippen molar-refractivity contribution in [3.63, 3.8) is 0 Å². The molecule has 4 N–H and O–H groups in total. The van der Waals surface area contributed by atoms with Gasteiger partial charge in [0.2, 0.25) is 0 Å². The van der Waals surface area contributed by atoms with Gasteiger partial charge in [0.1, 0.15) is 0 Å². The Balaban J connectivity index is 2.51. The van der Waals surface area contributed by atoms with Crippen molar-refractivity contribution in [3.8, 4) is 0 Å². The monoisotopic (exact) mass is 310 g/mol. The lowest BCUT2D eigenvalue weighted by atomic mass is 9.90. The molecule has 0 bridgehead atoms. The third kappa shape index (κ3) is 3.69. The maximum absolute atomic E-state index is 6.34. The predicted octanol–water partition coefficient (Wildman–Crippen LogP) is 5.31. The second kappa shape index (κ2) is 6.66. The van der Waals surface area contributed by atoms with E-state index in [1.807, 2.05) is 0 Å². The maximum atomic E-state index is 6.34. The summed E-state index contributed by atoms with van der Waals surface area (Å²) >= 11 is 0. The van der Waals surface area contributed by atoms with Crippen LogP contribution < -0.4 is 11.5 Å². The lowest BCUT2D eigenvalue weighted by Gasteiger charge is -2.17. The average Bonchev–Trinajstić information content (AvgIpc) is 2.47. The van der Waals surface area contributed by atoms with Crippen LogP contribution in [0, 0.1) is 13.8 Å². The largest absolute Gasteiger partial charge is 0.398 e. The van der Waals surface area contributed by atoms with Crippen LogP contribution in [0.15, 0.2) is 24.3 Å². The van der Waals surface area contributed by atoms with Gasteiger partial charge in [0.05, 0.1) is 0 Å². The number of anilines is 2. The van der Waals surface area contributed by atoms with Crippen molar-refractivity contribution in [3.05, 3.63) is 57.6 Å². The van der Waals surface area contributed by atoms with Gasteiger partial charge >= 0.3 is 0 Å². The standard InChI is InChI=1S/C21H30N2/c1-12(2)16-7-14(5)20(22)18(9-16)11-19-10-17(13(3)4)8-15(6)21(19)23/h7-10,12-13H,11,22-23H2,1-6H3. The van der Waals surface area contributed by atoms with Gasteiger partial charge in [-0.3, -0.25) is 0 Å². The first kappa shape index (κ1) is 17.4. The molecule has 124 valence electrons. The molecule has 2 heteroatoms. The van der Waals surface area contributed by atoms with E-state index in [2.05, 4.69) is 65.8 Å². The molecule has 0 aromatic heterocycles. The summed E-state index contributed by atoms with van der Waals surface area (Å²) in [6, 6.07) is 8.87. The Bertz CT molecular complexity index is 651. The fraction of sp³-hybridized carbons (Fsp3) is 0.429. The molecule has 0 radical (unpaired) electrons. The fourth-order valence-electron chi connectivity index (χ4n) is 2.97. The second-order valence-electron chi connectivity index (χ2n) is 7.31. The predicted molar refractivity (Wildman–Crippen MR) is 102 cm³/mol. The normalized spacial score (nSPS) is 11.5. The Morgan fingerprint density at radius 2 is 1.04 bits per heavy atom. The van der Waals surface area contributed by atoms with Gasteiger partial charge in [-0.2, -0.15) is 0 Å². The Labute approximate surface area is 140 Å². The van der Waals surface area contributed by atoms with Crippen LogP contribution >= 0.6 is 0 Å². The Kier molecular flexibility index (Phi) is 5.03. The molecule has 23 heavy (non-hydrogen) atoms. The van der Waals surface area contributed by atoms with Crippen molar-refractivity contribution < 1.29 is 0 Å². The minimum absolute atomic E-state index is 0.495. The van der Waals surface area contributed by atoms with E-state index in [1.165, 1.54) is 22.3 Å². The second-order valence-corrected chi connectivity index (χ2v) is 7.31. The molecule has 0 fully saturated rings. The van der Waals surface area contributed by atoms with Gasteiger partial charge in [0.15, 0.2) is 0 Å². The lowest BCUT2D eigenvalue weighted by Crippen LogP contribution is -2.05. The molecular weight excluding hydrogens is 280 g/mol. The third-order valence-electron chi connectivity index (χ3n) is 4.70. The van der Waals surface area contributed by atoms with E-state index in [1.54, 1.807) is 0 Å². The van der Waals surface area contributed by atoms with Gasteiger partial charge in [-0.05, 0) is 59.1 Å². The van der Waals surface area contributed by atoms with Gasteiger partial charge in [-0.25, -0.2) is 0 Å². The molecule has 2 aromatic carbocycles. The van der Waals surface area contributed by atoms with Crippen LogP contribution in [0.4, 0.5) is 11.4 Å². The lowest BCUT2D eigenvalue weighted by molar-refractivity contribution is 0.858. The van der Waals surface area contributed by atoms with Crippen molar-refractivity contribution in [2.45, 2.75) is 59.8 Å². The number of hydrogen-bond acceptors (Lipinski definition) is 2. The zero-order valence-corrected chi connectivity index (χ0v) is 15.3. The van der Waals surface area contributed by atoms with E-state index in [-0.39, 0.29) is 0 Å². The van der Waals surface area contributed by atoms with Gasteiger partial charge in [0, 0.05) is 17.8 Å². The van der Waals surface area contributed by atoms with Gasteiger partial charge in [0.25, 0.3) is 0 Å². The van der Waals surface area contributed by atoms with E-state index in [0.29, 0.717) is 11.8 Å². The molecule has 0 atom stereocenters. The summed E-state index contributed by atoms with van der Waals surface area (Å²) in [4.78, 5) is 0. The van der Waals surface area contributed by atoms with E-state index >= 15 is 0 Å². The number of aryl methyl sites for hydroxylation is 2. The molecule has 0 heterocycles. The summed E-state index contributed by atoms with van der Waals surface area (Å²) in [6.45, 7) is 13.0. The summed E-state index contributed by atoms with van der Waals surface area (Å²) in [5, 5.41) is 0. The van der Waals surface area contributed by atoms with Crippen molar-refractivity contribution in [2.24, 2.45) is 0 Å². The minimum atomic E-state index is 0.495. The average molecular weight is 310 g/mol. The molecule has 0 spiro atoms. The number of hydrogen-bond donors (Lipinski definition) is 2. The molecule has 0 unspecified atom stereocenters. The highest BCUT2D eigenvalue weighted by Gasteiger charge is 2.13. The highest BCUT2D eigenvalue weighted by atomic mass is 14.6. The van der Waals surface area contributed by atoms with Crippen LogP contribution in [0.2, 0.25) is 0 Å². The fourth-order valence-corrected chi connectivity index (χ4v) is 2.97. The van der Waals surface area contributed by atoms with Gasteiger partial charge < -0.3 is 11.5 Å². The molecule has 0 saturated carbocycles. The summed E-state index contributed by atoms with van der Waals surface area (Å²) < 4.78 is 0. The molecule has 0 aliphatic heterocycles. The zero-order chi connectivity index (χ0) is 17.3. The Morgan fingerprint density at radius 1 is 0.696 bits per heavy atom. The van der Waals surface area contributed by atoms with E-state index in [9.17, 15) is 0 Å². The molecule has 0 aliphatic carbocycles. The number of benzene rings is 2. The summed E-state index contributed by atoms with van der Waals surface area (Å²) in [5.74, 6) is 0.989. The quantitative estimate of drug-likeness (QED) is 0.752. The first-order valence-corrected chi connectivity index (χ1v) is 8.48. The van der Waals surface area contributed by atoms with Crippen molar-refractivity contribution in [1.29, 1.82) is 0 Å². The summed E-state index contributed by atoms with van der Waals surface area (Å²) in [7, 11) is 0. The summed E-state index contributed by atoms with van der Waals surface area (Å²) in [5.41, 5.74) is 21.8. The number of rotatable bonds is 4. The highest BCUT2D eigenvalue weighted by molar-refractivity contribution is 5.61. The number of nitrogen functional groups attached to an aromatic ring is 2. The van der Waals surface area contributed by atoms with Crippen LogP contribution in [0.25, 0.3) is 0 Å². The first-order valence-electron chi connectivity index (χ1n) is 8.48. The van der Waals surface area contributed by atoms with Crippen LogP contribution in [-0.2, 0) is 6.42 Å². The third-order valence-corrected chi connectivity index (χ3v) is 4.70. The van der Waals surface area contributed by atoms with Gasteiger partial charge in [-0.1, -0.05) is 52.0 Å². The smallest absolute Gasteiger partial charge is 0.0379 e. The Hall–Kier alpha value is -1.96. The molecule has 0 amide bonds. The van der Waals surface area contributed by atoms with E-state index in [4.69, 9.17) is 11.5 Å². The summed E-state index contributed by atoms with van der Waals surface area (Å²) in [6.07, 6.45) is 0.792. The highest BCUT2D eigenvalue weighted by Crippen LogP contribution is 2.30. The Morgan fingerprint density at radius 3 is 1.35 bits per heavy atom. The van der Waals surface area contributed by atoms with E-state index in [0.717, 1.165) is 28.9 Å². The maximum Gasteiger partial charge on any atom is 0.0379 e. The van der Waals surface area contributed by atoms with Crippen molar-refractivity contribution >= 4 is 11.4 Å². The zero-order valence-electron chi connectivity index (χ0n) is 15.3. The van der Waals surface area contributed by atoms with Crippen LogP contribution in [0.5, 0.6) is 0 Å². The molecular formula is C21H30N2. The van der Waals surface area contributed by atoms with Gasteiger partial charge in [-0.15, -0.1) is 0 Å². The molecule has 0 saturated heterocycles. The first-order chi connectivity index (χ1) is 10.7. The van der Waals surface area contributed by atoms with Crippen LogP contribution in [0.1, 0.15) is 72.9 Å². The topological polar surface area (TPSA) is 52.0 Å². The molecule has 0 aliphatic rings. The number of nitrogens with two attached hydrogens (primary N) is 2. The van der Waals surface area contributed by atoms with Crippen LogP contribution in [0.3, 0.4) is 0 Å². The minimum Gasteiger partial charge on any atom is -0.398 e. The molecule has 2 aromatic rings. The van der Waals surface area contributed by atoms with Crippen LogP contribution in [-0.4, -0.2) is 0 Å². The van der Waals surface area contributed by atoms with E-state index < -0.39 is 0 Å². The molecule has 2 rings (SSSR count). The molecule has 2 nitrogen and oxygen atoms in total.